The van der Waals surface area contributed by atoms with E-state index in [1.54, 1.807) is 11.9 Å². The van der Waals surface area contributed by atoms with E-state index in [2.05, 4.69) is 26.5 Å². The molecule has 1 aromatic carbocycles. The Morgan fingerprint density at radius 2 is 2.18 bits per heavy atom. The molecule has 0 heterocycles. The fourth-order valence-corrected chi connectivity index (χ4v) is 1.76. The number of carbonyl (C=O) groups excluding carboxylic acids is 1. The summed E-state index contributed by atoms with van der Waals surface area (Å²) in [6.45, 7) is 4.89. The fraction of sp³-hybridized carbons (Fsp3) is 0.462. The van der Waals surface area contributed by atoms with Crippen LogP contribution in [-0.2, 0) is 0 Å². The molecule has 1 unspecified atom stereocenters. The Hall–Kier alpha value is -1.03. The summed E-state index contributed by atoms with van der Waals surface area (Å²) in [5.74, 6) is -0.0464. The molecule has 0 spiro atoms. The minimum Gasteiger partial charge on any atom is -0.341 e. The molecule has 0 saturated heterocycles. The van der Waals surface area contributed by atoms with E-state index in [1.807, 2.05) is 0 Å². The van der Waals surface area contributed by atoms with Crippen LogP contribution in [0.3, 0.4) is 0 Å². The highest BCUT2D eigenvalue weighted by Crippen LogP contribution is 2.16. The highest BCUT2D eigenvalue weighted by molar-refractivity contribution is 7.80. The standard InChI is InChI=1S/C13H18FNOS/c1-4-9(2)8-15(3)13(16)10-5-6-11(14)12(17)7-10/h5-7,9,17H,4,8H2,1-3H3. The van der Waals surface area contributed by atoms with Crippen molar-refractivity contribution in [2.24, 2.45) is 5.92 Å². The predicted molar refractivity (Wildman–Crippen MR) is 70.1 cm³/mol. The maximum atomic E-state index is 13.0. The smallest absolute Gasteiger partial charge is 0.253 e. The third kappa shape index (κ3) is 3.73. The van der Waals surface area contributed by atoms with Crippen LogP contribution in [0, 0.1) is 11.7 Å². The topological polar surface area (TPSA) is 20.3 Å². The highest BCUT2D eigenvalue weighted by Gasteiger charge is 2.14. The molecule has 4 heteroatoms. The number of nitrogens with zero attached hydrogens (tertiary/aromatic N) is 1. The van der Waals surface area contributed by atoms with Crippen LogP contribution in [-0.4, -0.2) is 24.4 Å². The Kier molecular flexibility index (Phi) is 5.00. The summed E-state index contributed by atoms with van der Waals surface area (Å²) in [5, 5.41) is 0. The maximum absolute atomic E-state index is 13.0. The fourth-order valence-electron chi connectivity index (χ4n) is 1.55. The average molecular weight is 255 g/mol. The second kappa shape index (κ2) is 6.05. The number of halogens is 1. The van der Waals surface area contributed by atoms with Gasteiger partial charge >= 0.3 is 0 Å². The minimum absolute atomic E-state index is 0.0967. The second-order valence-electron chi connectivity index (χ2n) is 4.37. The number of amides is 1. The first kappa shape index (κ1) is 14.0. The molecule has 1 atom stereocenters. The molecule has 1 aromatic rings. The van der Waals surface area contributed by atoms with Crippen molar-refractivity contribution in [3.05, 3.63) is 29.6 Å². The van der Waals surface area contributed by atoms with Gasteiger partial charge in [0.05, 0.1) is 0 Å². The highest BCUT2D eigenvalue weighted by atomic mass is 32.1. The summed E-state index contributed by atoms with van der Waals surface area (Å²) in [6, 6.07) is 4.23. The Morgan fingerprint density at radius 1 is 1.53 bits per heavy atom. The van der Waals surface area contributed by atoms with Crippen LogP contribution in [0.4, 0.5) is 4.39 Å². The molecule has 0 radical (unpaired) electrons. The number of rotatable bonds is 4. The summed E-state index contributed by atoms with van der Waals surface area (Å²) in [4.78, 5) is 13.9. The first-order valence-corrected chi connectivity index (χ1v) is 6.14. The van der Waals surface area contributed by atoms with Gasteiger partial charge in [-0.2, -0.15) is 0 Å². The van der Waals surface area contributed by atoms with Gasteiger partial charge in [0.25, 0.3) is 5.91 Å². The van der Waals surface area contributed by atoms with Crippen molar-refractivity contribution in [3.8, 4) is 0 Å². The van der Waals surface area contributed by atoms with E-state index in [9.17, 15) is 9.18 Å². The molecule has 0 aliphatic heterocycles. The van der Waals surface area contributed by atoms with Crippen LogP contribution in [0.15, 0.2) is 23.1 Å². The third-order valence-electron chi connectivity index (χ3n) is 2.82. The lowest BCUT2D eigenvalue weighted by Crippen LogP contribution is -2.30. The molecule has 2 nitrogen and oxygen atoms in total. The van der Waals surface area contributed by atoms with Gasteiger partial charge in [0.15, 0.2) is 0 Å². The molecule has 17 heavy (non-hydrogen) atoms. The summed E-state index contributed by atoms with van der Waals surface area (Å²) in [5.41, 5.74) is 0.474. The van der Waals surface area contributed by atoms with Crippen molar-refractivity contribution >= 4 is 18.5 Å². The molecule has 0 fully saturated rings. The van der Waals surface area contributed by atoms with Crippen LogP contribution in [0.2, 0.25) is 0 Å². The zero-order valence-electron chi connectivity index (χ0n) is 10.4. The van der Waals surface area contributed by atoms with Crippen molar-refractivity contribution in [2.45, 2.75) is 25.2 Å². The Labute approximate surface area is 107 Å². The minimum atomic E-state index is -0.408. The van der Waals surface area contributed by atoms with Gasteiger partial charge in [-0.3, -0.25) is 4.79 Å². The molecule has 0 aromatic heterocycles. The van der Waals surface area contributed by atoms with E-state index in [0.717, 1.165) is 6.42 Å². The molecular formula is C13H18FNOS. The number of hydrogen-bond donors (Lipinski definition) is 1. The molecule has 1 rings (SSSR count). The monoisotopic (exact) mass is 255 g/mol. The van der Waals surface area contributed by atoms with E-state index in [0.29, 0.717) is 18.0 Å². The molecule has 0 bridgehead atoms. The predicted octanol–water partition coefficient (Wildman–Crippen LogP) is 3.23. The van der Waals surface area contributed by atoms with Crippen molar-refractivity contribution in [1.29, 1.82) is 0 Å². The lowest BCUT2D eigenvalue weighted by atomic mass is 10.1. The molecular weight excluding hydrogens is 237 g/mol. The largest absolute Gasteiger partial charge is 0.341 e. The van der Waals surface area contributed by atoms with Crippen molar-refractivity contribution in [2.75, 3.05) is 13.6 Å². The number of thiol groups is 1. The van der Waals surface area contributed by atoms with Gasteiger partial charge in [-0.1, -0.05) is 20.3 Å². The zero-order valence-corrected chi connectivity index (χ0v) is 11.3. The first-order valence-electron chi connectivity index (χ1n) is 5.69. The van der Waals surface area contributed by atoms with Gasteiger partial charge in [0.1, 0.15) is 5.82 Å². The SMILES string of the molecule is CCC(C)CN(C)C(=O)c1ccc(F)c(S)c1. The lowest BCUT2D eigenvalue weighted by molar-refractivity contribution is 0.0774. The van der Waals surface area contributed by atoms with Crippen molar-refractivity contribution in [3.63, 3.8) is 0 Å². The summed E-state index contributed by atoms with van der Waals surface area (Å²) in [6.07, 6.45) is 1.03. The van der Waals surface area contributed by atoms with Gasteiger partial charge in [0.2, 0.25) is 0 Å². The molecule has 1 amide bonds. The summed E-state index contributed by atoms with van der Waals surface area (Å²) >= 11 is 3.97. The third-order valence-corrected chi connectivity index (χ3v) is 3.16. The van der Waals surface area contributed by atoms with E-state index in [-0.39, 0.29) is 10.8 Å². The number of carbonyl (C=O) groups is 1. The Bertz CT molecular complexity index is 408. The first-order chi connectivity index (χ1) is 7.95. The van der Waals surface area contributed by atoms with E-state index < -0.39 is 5.82 Å². The van der Waals surface area contributed by atoms with Crippen LogP contribution >= 0.6 is 12.6 Å². The van der Waals surface area contributed by atoms with Crippen LogP contribution in [0.1, 0.15) is 30.6 Å². The second-order valence-corrected chi connectivity index (χ2v) is 4.85. The Balaban J connectivity index is 2.78. The lowest BCUT2D eigenvalue weighted by Gasteiger charge is -2.21. The van der Waals surface area contributed by atoms with Gasteiger partial charge in [-0.15, -0.1) is 12.6 Å². The van der Waals surface area contributed by atoms with Gasteiger partial charge in [-0.25, -0.2) is 4.39 Å². The van der Waals surface area contributed by atoms with Crippen LogP contribution in [0.5, 0.6) is 0 Å². The quantitative estimate of drug-likeness (QED) is 0.819. The van der Waals surface area contributed by atoms with Crippen LogP contribution < -0.4 is 0 Å². The van der Waals surface area contributed by atoms with Crippen LogP contribution in [0.25, 0.3) is 0 Å². The maximum Gasteiger partial charge on any atom is 0.253 e. The summed E-state index contributed by atoms with van der Waals surface area (Å²) in [7, 11) is 1.76. The van der Waals surface area contributed by atoms with Gasteiger partial charge in [0, 0.05) is 24.1 Å². The average Bonchev–Trinajstić information content (AvgIpc) is 2.31. The van der Waals surface area contributed by atoms with E-state index in [4.69, 9.17) is 0 Å². The van der Waals surface area contributed by atoms with Crippen molar-refractivity contribution in [1.82, 2.24) is 4.90 Å². The number of hydrogen-bond acceptors (Lipinski definition) is 2. The molecule has 0 N–H and O–H groups in total. The van der Waals surface area contributed by atoms with E-state index in [1.165, 1.54) is 18.2 Å². The molecule has 0 aliphatic carbocycles. The number of benzene rings is 1. The molecule has 0 aliphatic rings. The molecule has 0 saturated carbocycles. The molecule has 94 valence electrons. The Morgan fingerprint density at radius 3 is 2.71 bits per heavy atom. The van der Waals surface area contributed by atoms with E-state index >= 15 is 0 Å². The normalized spacial score (nSPS) is 12.3. The zero-order chi connectivity index (χ0) is 13.0. The van der Waals surface area contributed by atoms with Gasteiger partial charge in [-0.05, 0) is 24.1 Å². The summed E-state index contributed by atoms with van der Waals surface area (Å²) < 4.78 is 13.0. The van der Waals surface area contributed by atoms with Gasteiger partial charge < -0.3 is 4.90 Å². The van der Waals surface area contributed by atoms with Crippen molar-refractivity contribution < 1.29 is 9.18 Å².